The molecule has 2 aliphatic heterocycles. The molecule has 0 unspecified atom stereocenters. The number of para-hydroxylation sites is 2. The molecule has 0 aliphatic carbocycles. The summed E-state index contributed by atoms with van der Waals surface area (Å²) in [6.45, 7) is 0. The van der Waals surface area contributed by atoms with Crippen LogP contribution in [0, 0.1) is 0 Å². The Kier molecular flexibility index (Phi) is 2.23. The smallest absolute Gasteiger partial charge is 0.275 e. The predicted molar refractivity (Wildman–Crippen MR) is 78.3 cm³/mol. The van der Waals surface area contributed by atoms with Crippen LogP contribution in [0.3, 0.4) is 0 Å². The summed E-state index contributed by atoms with van der Waals surface area (Å²) in [5.74, 6) is 0. The third-order valence-corrected chi connectivity index (χ3v) is 3.48. The van der Waals surface area contributed by atoms with Gasteiger partial charge in [-0.2, -0.15) is 5.10 Å². The Morgan fingerprint density at radius 3 is 2.55 bits per heavy atom. The first kappa shape index (κ1) is 11.0. The molecule has 0 spiro atoms. The van der Waals surface area contributed by atoms with Crippen molar-refractivity contribution in [3.63, 3.8) is 0 Å². The zero-order chi connectivity index (χ0) is 13.5. The number of nitrogens with zero attached hydrogens (tertiary/aromatic N) is 2. The van der Waals surface area contributed by atoms with E-state index in [0.29, 0.717) is 5.56 Å². The van der Waals surface area contributed by atoms with Gasteiger partial charge in [0.15, 0.2) is 0 Å². The van der Waals surface area contributed by atoms with Crippen molar-refractivity contribution in [2.24, 2.45) is 0 Å². The molecule has 4 nitrogen and oxygen atoms in total. The normalized spacial score (nSPS) is 11.2. The lowest BCUT2D eigenvalue weighted by Crippen LogP contribution is -2.05. The van der Waals surface area contributed by atoms with Gasteiger partial charge in [-0.3, -0.25) is 4.79 Å². The maximum Gasteiger partial charge on any atom is 0.275 e. The van der Waals surface area contributed by atoms with Crippen molar-refractivity contribution in [2.75, 3.05) is 0 Å². The van der Waals surface area contributed by atoms with Crippen molar-refractivity contribution in [1.82, 2.24) is 14.8 Å². The second kappa shape index (κ2) is 4.06. The molecule has 1 N–H and O–H groups in total. The Balaban J connectivity index is 2.20. The number of pyridine rings is 1. The fraction of sp³-hybridized carbons (Fsp3) is 0. The highest BCUT2D eigenvalue weighted by molar-refractivity contribution is 5.94. The van der Waals surface area contributed by atoms with Gasteiger partial charge in [0.25, 0.3) is 5.56 Å². The summed E-state index contributed by atoms with van der Waals surface area (Å²) in [6.07, 6.45) is 1.85. The molecule has 0 atom stereocenters. The van der Waals surface area contributed by atoms with E-state index in [1.165, 1.54) is 0 Å². The van der Waals surface area contributed by atoms with Gasteiger partial charge in [-0.25, -0.2) is 5.10 Å². The molecule has 20 heavy (non-hydrogen) atoms. The lowest BCUT2D eigenvalue weighted by atomic mass is 10.1. The van der Waals surface area contributed by atoms with Gasteiger partial charge in [-0.1, -0.05) is 36.4 Å². The number of hydrogen-bond donors (Lipinski definition) is 1. The van der Waals surface area contributed by atoms with Crippen LogP contribution in [0.2, 0.25) is 0 Å². The van der Waals surface area contributed by atoms with Crippen LogP contribution in [0.15, 0.2) is 65.6 Å². The molecule has 2 aliphatic rings. The second-order valence-electron chi connectivity index (χ2n) is 4.67. The van der Waals surface area contributed by atoms with E-state index in [4.69, 9.17) is 0 Å². The summed E-state index contributed by atoms with van der Waals surface area (Å²) >= 11 is 0. The SMILES string of the molecule is O=c1[nH]nc2c3ccccc3n(-c3ccccc3)cc1-2. The summed E-state index contributed by atoms with van der Waals surface area (Å²) in [7, 11) is 0. The number of benzene rings is 2. The quantitative estimate of drug-likeness (QED) is 0.573. The lowest BCUT2D eigenvalue weighted by Gasteiger charge is -2.13. The van der Waals surface area contributed by atoms with Gasteiger partial charge in [-0.05, 0) is 18.2 Å². The van der Waals surface area contributed by atoms with Crippen molar-refractivity contribution < 1.29 is 0 Å². The van der Waals surface area contributed by atoms with Gasteiger partial charge in [0.1, 0.15) is 5.69 Å². The topological polar surface area (TPSA) is 50.7 Å². The molecule has 4 rings (SSSR count). The Hall–Kier alpha value is -2.88. The molecule has 2 heterocycles. The summed E-state index contributed by atoms with van der Waals surface area (Å²) in [5, 5.41) is 7.62. The van der Waals surface area contributed by atoms with Crippen LogP contribution in [-0.4, -0.2) is 14.8 Å². The number of nitrogens with one attached hydrogen (secondary N) is 1. The summed E-state index contributed by atoms with van der Waals surface area (Å²) in [6, 6.07) is 17.9. The van der Waals surface area contributed by atoms with Crippen molar-refractivity contribution in [2.45, 2.75) is 0 Å². The lowest BCUT2D eigenvalue weighted by molar-refractivity contribution is 1.07. The molecule has 0 saturated carbocycles. The van der Waals surface area contributed by atoms with Gasteiger partial charge in [-0.15, -0.1) is 0 Å². The fourth-order valence-electron chi connectivity index (χ4n) is 2.54. The maximum absolute atomic E-state index is 11.9. The monoisotopic (exact) mass is 261 g/mol. The molecule has 2 aromatic rings. The minimum absolute atomic E-state index is 0.157. The van der Waals surface area contributed by atoms with Gasteiger partial charge in [0.2, 0.25) is 0 Å². The molecule has 0 amide bonds. The van der Waals surface area contributed by atoms with Crippen LogP contribution in [0.1, 0.15) is 0 Å². The third-order valence-electron chi connectivity index (χ3n) is 3.48. The highest BCUT2D eigenvalue weighted by atomic mass is 16.1. The fourth-order valence-corrected chi connectivity index (χ4v) is 2.54. The molecule has 0 aromatic heterocycles. The first-order chi connectivity index (χ1) is 9.84. The van der Waals surface area contributed by atoms with E-state index in [-0.39, 0.29) is 5.56 Å². The van der Waals surface area contributed by atoms with Gasteiger partial charge >= 0.3 is 0 Å². The molecular formula is C16H11N3O. The zero-order valence-electron chi connectivity index (χ0n) is 10.6. The van der Waals surface area contributed by atoms with E-state index in [2.05, 4.69) is 10.2 Å². The van der Waals surface area contributed by atoms with Crippen LogP contribution in [0.4, 0.5) is 0 Å². The summed E-state index contributed by atoms with van der Waals surface area (Å²) in [4.78, 5) is 11.9. The van der Waals surface area contributed by atoms with E-state index < -0.39 is 0 Å². The Labute approximate surface area is 114 Å². The first-order valence-electron chi connectivity index (χ1n) is 6.38. The van der Waals surface area contributed by atoms with Crippen LogP contribution >= 0.6 is 0 Å². The van der Waals surface area contributed by atoms with Crippen molar-refractivity contribution >= 4 is 10.9 Å². The Morgan fingerprint density at radius 1 is 0.950 bits per heavy atom. The van der Waals surface area contributed by atoms with Crippen LogP contribution in [0.25, 0.3) is 27.8 Å². The molecule has 4 heteroatoms. The van der Waals surface area contributed by atoms with Crippen molar-refractivity contribution in [1.29, 1.82) is 0 Å². The number of rotatable bonds is 1. The molecule has 0 radical (unpaired) electrons. The van der Waals surface area contributed by atoms with E-state index in [1.807, 2.05) is 65.4 Å². The highest BCUT2D eigenvalue weighted by Crippen LogP contribution is 2.28. The number of hydrogen-bond acceptors (Lipinski definition) is 2. The average Bonchev–Trinajstić information content (AvgIpc) is 2.89. The van der Waals surface area contributed by atoms with Crippen molar-refractivity contribution in [3.05, 3.63) is 71.1 Å². The largest absolute Gasteiger partial charge is 0.316 e. The Morgan fingerprint density at radius 2 is 1.70 bits per heavy atom. The van der Waals surface area contributed by atoms with E-state index in [0.717, 1.165) is 22.3 Å². The first-order valence-corrected chi connectivity index (χ1v) is 6.38. The number of aromatic amines is 1. The zero-order valence-corrected chi connectivity index (χ0v) is 10.6. The molecule has 0 saturated heterocycles. The maximum atomic E-state index is 11.9. The molecule has 2 aromatic carbocycles. The third kappa shape index (κ3) is 1.48. The van der Waals surface area contributed by atoms with Gasteiger partial charge < -0.3 is 4.57 Å². The minimum Gasteiger partial charge on any atom is -0.316 e. The van der Waals surface area contributed by atoms with Crippen molar-refractivity contribution in [3.8, 4) is 16.9 Å². The molecule has 0 fully saturated rings. The average molecular weight is 261 g/mol. The number of aromatic nitrogens is 3. The van der Waals surface area contributed by atoms with E-state index in [1.54, 1.807) is 0 Å². The minimum atomic E-state index is -0.157. The van der Waals surface area contributed by atoms with E-state index >= 15 is 0 Å². The summed E-state index contributed by atoms with van der Waals surface area (Å²) in [5.41, 5.74) is 3.21. The summed E-state index contributed by atoms with van der Waals surface area (Å²) < 4.78 is 2.02. The molecule has 96 valence electrons. The highest BCUT2D eigenvalue weighted by Gasteiger charge is 2.16. The molecule has 0 bridgehead atoms. The van der Waals surface area contributed by atoms with Crippen LogP contribution in [-0.2, 0) is 0 Å². The van der Waals surface area contributed by atoms with Gasteiger partial charge in [0, 0.05) is 17.3 Å². The van der Waals surface area contributed by atoms with Crippen LogP contribution in [0.5, 0.6) is 0 Å². The van der Waals surface area contributed by atoms with E-state index in [9.17, 15) is 4.79 Å². The Bertz CT molecular complexity index is 921. The van der Waals surface area contributed by atoms with Gasteiger partial charge in [0.05, 0.1) is 11.1 Å². The number of fused-ring (bicyclic) bond motifs is 3. The standard InChI is InChI=1S/C16H11N3O/c20-16-13-10-19(11-6-2-1-3-7-11)14-9-5-4-8-12(14)15(13)17-18-16/h1-10H,(H,18,20). The second-order valence-corrected chi connectivity index (χ2v) is 4.67. The molecular weight excluding hydrogens is 250 g/mol. The van der Waals surface area contributed by atoms with Crippen LogP contribution < -0.4 is 5.56 Å². The number of H-pyrrole nitrogens is 1. The predicted octanol–water partition coefficient (Wildman–Crippen LogP) is 2.82.